The van der Waals surface area contributed by atoms with Gasteiger partial charge < -0.3 is 14.6 Å². The molecule has 1 fully saturated rings. The summed E-state index contributed by atoms with van der Waals surface area (Å²) in [6, 6.07) is 21.6. The van der Waals surface area contributed by atoms with Crippen LogP contribution >= 0.6 is 11.3 Å². The lowest BCUT2D eigenvalue weighted by molar-refractivity contribution is 0.0938. The quantitative estimate of drug-likeness (QED) is 0.520. The highest BCUT2D eigenvalue weighted by Gasteiger charge is 2.52. The molecule has 1 amide bonds. The van der Waals surface area contributed by atoms with E-state index in [4.69, 9.17) is 4.43 Å². The Labute approximate surface area is 202 Å². The summed E-state index contributed by atoms with van der Waals surface area (Å²) in [6.07, 6.45) is 0.119. The molecule has 1 aliphatic heterocycles. The fraction of sp³-hybridized carbons (Fsp3) is 0.385. The fourth-order valence-electron chi connectivity index (χ4n) is 4.46. The molecule has 0 spiro atoms. The number of hydrogen-bond acceptors (Lipinski definition) is 5. The molecule has 2 heterocycles. The van der Waals surface area contributed by atoms with E-state index in [-0.39, 0.29) is 23.1 Å². The summed E-state index contributed by atoms with van der Waals surface area (Å²) in [4.78, 5) is 19.0. The zero-order chi connectivity index (χ0) is 23.6. The Morgan fingerprint density at radius 2 is 1.61 bits per heavy atom. The predicted octanol–water partition coefficient (Wildman–Crippen LogP) is 4.05. The number of nitrogens with one attached hydrogen (secondary N) is 1. The Morgan fingerprint density at radius 1 is 1.06 bits per heavy atom. The summed E-state index contributed by atoms with van der Waals surface area (Å²) >= 11 is 1.52. The number of benzene rings is 2. The summed E-state index contributed by atoms with van der Waals surface area (Å²) in [5.74, 6) is -0.117. The second-order valence-corrected chi connectivity index (χ2v) is 15.0. The zero-order valence-electron chi connectivity index (χ0n) is 20.0. The van der Waals surface area contributed by atoms with Gasteiger partial charge in [-0.2, -0.15) is 0 Å². The van der Waals surface area contributed by atoms with Gasteiger partial charge in [-0.05, 0) is 29.3 Å². The van der Waals surface area contributed by atoms with Crippen LogP contribution in [0.1, 0.15) is 45.1 Å². The number of amides is 1. The van der Waals surface area contributed by atoms with Crippen molar-refractivity contribution in [1.82, 2.24) is 10.3 Å². The normalized spacial score (nSPS) is 14.9. The first-order chi connectivity index (χ1) is 15.7. The van der Waals surface area contributed by atoms with Gasteiger partial charge in [0, 0.05) is 24.5 Å². The largest absolute Gasteiger partial charge is 0.401 e. The molecule has 0 saturated carbocycles. The van der Waals surface area contributed by atoms with Crippen molar-refractivity contribution in [1.29, 1.82) is 0 Å². The third-order valence-corrected chi connectivity index (χ3v) is 12.0. The molecule has 0 radical (unpaired) electrons. The number of hydrogen-bond donors (Lipinski definition) is 1. The van der Waals surface area contributed by atoms with E-state index in [0.717, 1.165) is 18.2 Å². The zero-order valence-corrected chi connectivity index (χ0v) is 21.9. The first kappa shape index (κ1) is 23.7. The van der Waals surface area contributed by atoms with Gasteiger partial charge in [-0.15, -0.1) is 11.3 Å². The molecular formula is C26H33N3O2SSi. The number of carbonyl (C=O) groups excluding carboxylic acids is 1. The Balaban J connectivity index is 1.56. The SMILES string of the molecule is CC(C)NC(=O)c1csc(N2CC(O[Si](c3ccccc3)(c3ccccc3)C(C)(C)C)C2)n1. The van der Waals surface area contributed by atoms with Crippen molar-refractivity contribution in [2.45, 2.75) is 51.8 Å². The second-order valence-electron chi connectivity index (χ2n) is 9.95. The smallest absolute Gasteiger partial charge is 0.271 e. The molecule has 0 aliphatic carbocycles. The van der Waals surface area contributed by atoms with Crippen LogP contribution in [0, 0.1) is 0 Å². The van der Waals surface area contributed by atoms with Gasteiger partial charge in [-0.3, -0.25) is 4.79 Å². The van der Waals surface area contributed by atoms with Crippen LogP contribution in [-0.2, 0) is 4.43 Å². The van der Waals surface area contributed by atoms with Crippen LogP contribution < -0.4 is 20.6 Å². The third kappa shape index (κ3) is 4.76. The minimum atomic E-state index is -2.55. The molecular weight excluding hydrogens is 446 g/mol. The van der Waals surface area contributed by atoms with Gasteiger partial charge in [0.05, 0.1) is 6.10 Å². The number of nitrogens with zero attached hydrogens (tertiary/aromatic N) is 2. The van der Waals surface area contributed by atoms with Crippen molar-refractivity contribution in [2.75, 3.05) is 18.0 Å². The summed E-state index contributed by atoms with van der Waals surface area (Å²) in [6.45, 7) is 12.4. The molecule has 1 aromatic heterocycles. The van der Waals surface area contributed by atoms with Crippen LogP contribution in [-0.4, -0.2) is 44.4 Å². The highest BCUT2D eigenvalue weighted by atomic mass is 32.1. The number of carbonyl (C=O) groups is 1. The molecule has 7 heteroatoms. The van der Waals surface area contributed by atoms with Gasteiger partial charge in [-0.25, -0.2) is 4.98 Å². The number of anilines is 1. The van der Waals surface area contributed by atoms with E-state index in [1.165, 1.54) is 21.7 Å². The molecule has 0 unspecified atom stereocenters. The average molecular weight is 480 g/mol. The van der Waals surface area contributed by atoms with Crippen LogP contribution in [0.25, 0.3) is 0 Å². The van der Waals surface area contributed by atoms with Crippen LogP contribution in [0.4, 0.5) is 5.13 Å². The first-order valence-corrected chi connectivity index (χ1v) is 14.3. The van der Waals surface area contributed by atoms with Crippen molar-refractivity contribution in [3.63, 3.8) is 0 Å². The molecule has 33 heavy (non-hydrogen) atoms. The lowest BCUT2D eigenvalue weighted by Gasteiger charge is -2.49. The van der Waals surface area contributed by atoms with E-state index >= 15 is 0 Å². The van der Waals surface area contributed by atoms with Gasteiger partial charge in [0.15, 0.2) is 5.13 Å². The molecule has 1 aliphatic rings. The van der Waals surface area contributed by atoms with Gasteiger partial charge in [0.2, 0.25) is 0 Å². The first-order valence-electron chi connectivity index (χ1n) is 11.5. The Bertz CT molecular complexity index is 1030. The Morgan fingerprint density at radius 3 is 2.09 bits per heavy atom. The molecule has 4 rings (SSSR count). The van der Waals surface area contributed by atoms with Crippen LogP contribution in [0.15, 0.2) is 66.0 Å². The molecule has 0 atom stereocenters. The second kappa shape index (κ2) is 9.41. The average Bonchev–Trinajstić information content (AvgIpc) is 3.23. The van der Waals surface area contributed by atoms with E-state index in [0.29, 0.717) is 5.69 Å². The van der Waals surface area contributed by atoms with E-state index in [9.17, 15) is 4.79 Å². The van der Waals surface area contributed by atoms with E-state index < -0.39 is 8.32 Å². The molecule has 5 nitrogen and oxygen atoms in total. The van der Waals surface area contributed by atoms with Gasteiger partial charge in [0.25, 0.3) is 14.2 Å². The van der Waals surface area contributed by atoms with Crippen molar-refractivity contribution in [3.05, 3.63) is 71.7 Å². The lowest BCUT2D eigenvalue weighted by Crippen LogP contribution is -2.70. The molecule has 174 valence electrons. The topological polar surface area (TPSA) is 54.5 Å². The van der Waals surface area contributed by atoms with Crippen molar-refractivity contribution in [2.24, 2.45) is 0 Å². The fourth-order valence-corrected chi connectivity index (χ4v) is 9.95. The van der Waals surface area contributed by atoms with E-state index in [2.05, 4.69) is 96.6 Å². The van der Waals surface area contributed by atoms with Gasteiger partial charge in [-0.1, -0.05) is 81.4 Å². The van der Waals surface area contributed by atoms with Crippen LogP contribution in [0.2, 0.25) is 5.04 Å². The maximum atomic E-state index is 12.3. The van der Waals surface area contributed by atoms with Crippen LogP contribution in [0.5, 0.6) is 0 Å². The highest BCUT2D eigenvalue weighted by molar-refractivity contribution is 7.14. The predicted molar refractivity (Wildman–Crippen MR) is 139 cm³/mol. The lowest BCUT2D eigenvalue weighted by atomic mass is 10.2. The van der Waals surface area contributed by atoms with Crippen molar-refractivity contribution >= 4 is 41.1 Å². The molecule has 1 N–H and O–H groups in total. The maximum absolute atomic E-state index is 12.3. The number of aromatic nitrogens is 1. The minimum Gasteiger partial charge on any atom is -0.401 e. The molecule has 3 aromatic rings. The van der Waals surface area contributed by atoms with E-state index in [1.54, 1.807) is 0 Å². The van der Waals surface area contributed by atoms with Crippen LogP contribution in [0.3, 0.4) is 0 Å². The number of thiazole rings is 1. The van der Waals surface area contributed by atoms with Gasteiger partial charge in [0.1, 0.15) is 5.69 Å². The van der Waals surface area contributed by atoms with Crippen molar-refractivity contribution in [3.8, 4) is 0 Å². The Kier molecular flexibility index (Phi) is 6.75. The standard InChI is InChI=1S/C26H33N3O2SSi/c1-19(2)27-24(30)23-18-32-25(28-23)29-16-20(17-29)31-33(26(3,4)5,21-12-8-6-9-13-21)22-14-10-7-11-15-22/h6-15,18-20H,16-17H2,1-5H3,(H,27,30). The van der Waals surface area contributed by atoms with E-state index in [1.807, 2.05) is 19.2 Å². The summed E-state index contributed by atoms with van der Waals surface area (Å²) in [7, 11) is -2.55. The Hall–Kier alpha value is -2.48. The molecule has 2 aromatic carbocycles. The monoisotopic (exact) mass is 479 g/mol. The summed E-state index contributed by atoms with van der Waals surface area (Å²) < 4.78 is 7.16. The minimum absolute atomic E-state index is 0.0422. The maximum Gasteiger partial charge on any atom is 0.271 e. The third-order valence-electron chi connectivity index (χ3n) is 6.02. The number of rotatable bonds is 7. The molecule has 0 bridgehead atoms. The van der Waals surface area contributed by atoms with Crippen molar-refractivity contribution < 1.29 is 9.22 Å². The highest BCUT2D eigenvalue weighted by Crippen LogP contribution is 2.39. The summed E-state index contributed by atoms with van der Waals surface area (Å²) in [5.41, 5.74) is 0.486. The molecule has 1 saturated heterocycles. The summed E-state index contributed by atoms with van der Waals surface area (Å²) in [5, 5.41) is 8.17. The van der Waals surface area contributed by atoms with Gasteiger partial charge >= 0.3 is 0 Å².